The molecule has 0 radical (unpaired) electrons. The van der Waals surface area contributed by atoms with Crippen LogP contribution in [0.5, 0.6) is 0 Å². The van der Waals surface area contributed by atoms with Crippen molar-refractivity contribution in [2.75, 3.05) is 13.2 Å². The van der Waals surface area contributed by atoms with Crippen LogP contribution in [0.3, 0.4) is 0 Å². The number of hydrogen-bond acceptors (Lipinski definition) is 5. The molecule has 0 unspecified atom stereocenters. The largest absolute Gasteiger partial charge is 0.465 e. The van der Waals surface area contributed by atoms with Gasteiger partial charge < -0.3 is 9.47 Å². The third-order valence-corrected chi connectivity index (χ3v) is 5.63. The SMILES string of the molecule is CCCCCC1=C2[C@H](CC1=O)C[C@H]1COC(=O)[C@H](C(=O)OCC)[C@@H]21. The number of fused-ring (bicyclic) bond motifs is 3. The van der Waals surface area contributed by atoms with E-state index in [0.29, 0.717) is 13.0 Å². The van der Waals surface area contributed by atoms with Gasteiger partial charge in [0.05, 0.1) is 13.2 Å². The molecule has 0 spiro atoms. The number of rotatable bonds is 6. The maximum absolute atomic E-state index is 12.5. The van der Waals surface area contributed by atoms with E-state index >= 15 is 0 Å². The number of unbranched alkanes of at least 4 members (excludes halogenated alkanes) is 2. The van der Waals surface area contributed by atoms with Gasteiger partial charge in [-0.25, -0.2) is 0 Å². The van der Waals surface area contributed by atoms with Gasteiger partial charge in [0.1, 0.15) is 0 Å². The lowest BCUT2D eigenvalue weighted by molar-refractivity contribution is -0.171. The second kappa shape index (κ2) is 7.08. The van der Waals surface area contributed by atoms with Crippen molar-refractivity contribution < 1.29 is 23.9 Å². The summed E-state index contributed by atoms with van der Waals surface area (Å²) in [4.78, 5) is 37.1. The summed E-state index contributed by atoms with van der Waals surface area (Å²) in [5.74, 6) is -1.53. The van der Waals surface area contributed by atoms with Crippen LogP contribution in [0.15, 0.2) is 11.1 Å². The van der Waals surface area contributed by atoms with E-state index in [0.717, 1.165) is 43.3 Å². The standard InChI is InChI=1S/C19H26O5/c1-3-5-6-7-13-14(20)9-11-8-12-10-24-19(22)17(16(12)15(11)13)18(21)23-4-2/h11-12,16-17H,3-10H2,1-2H3/t11-,12-,16+,17-/m0/s1. The van der Waals surface area contributed by atoms with Crippen molar-refractivity contribution in [1.82, 2.24) is 0 Å². The molecule has 4 atom stereocenters. The average Bonchev–Trinajstić information content (AvgIpc) is 3.03. The van der Waals surface area contributed by atoms with E-state index < -0.39 is 17.9 Å². The van der Waals surface area contributed by atoms with Crippen LogP contribution in [0.2, 0.25) is 0 Å². The Morgan fingerprint density at radius 3 is 2.75 bits per heavy atom. The van der Waals surface area contributed by atoms with Gasteiger partial charge in [0, 0.05) is 18.3 Å². The minimum atomic E-state index is -0.893. The van der Waals surface area contributed by atoms with E-state index in [9.17, 15) is 14.4 Å². The van der Waals surface area contributed by atoms with E-state index in [1.54, 1.807) is 6.92 Å². The first-order chi connectivity index (χ1) is 11.6. The summed E-state index contributed by atoms with van der Waals surface area (Å²) in [6, 6.07) is 0. The number of ketones is 1. The Bertz CT molecular complexity index is 576. The monoisotopic (exact) mass is 334 g/mol. The Hall–Kier alpha value is -1.65. The molecule has 0 aromatic heterocycles. The third kappa shape index (κ3) is 2.89. The maximum atomic E-state index is 12.5. The topological polar surface area (TPSA) is 69.7 Å². The minimum Gasteiger partial charge on any atom is -0.465 e. The summed E-state index contributed by atoms with van der Waals surface area (Å²) < 4.78 is 10.4. The van der Waals surface area contributed by atoms with Gasteiger partial charge in [-0.1, -0.05) is 25.3 Å². The fraction of sp³-hybridized carbons (Fsp3) is 0.737. The lowest BCUT2D eigenvalue weighted by atomic mass is 9.78. The van der Waals surface area contributed by atoms with Gasteiger partial charge in [0.2, 0.25) is 0 Å². The number of Topliss-reactive ketones (excluding diaryl/α,β-unsaturated/α-hetero) is 1. The van der Waals surface area contributed by atoms with Crippen molar-refractivity contribution in [2.24, 2.45) is 23.7 Å². The highest BCUT2D eigenvalue weighted by molar-refractivity contribution is 6.01. The molecule has 5 heteroatoms. The Morgan fingerprint density at radius 2 is 2.04 bits per heavy atom. The van der Waals surface area contributed by atoms with Crippen LogP contribution in [-0.4, -0.2) is 30.9 Å². The molecule has 3 aliphatic rings. The first-order valence-electron chi connectivity index (χ1n) is 9.17. The molecule has 0 amide bonds. The lowest BCUT2D eigenvalue weighted by Gasteiger charge is -2.32. The first-order valence-corrected chi connectivity index (χ1v) is 9.17. The van der Waals surface area contributed by atoms with E-state index in [4.69, 9.17) is 9.47 Å². The Labute approximate surface area is 142 Å². The second-order valence-corrected chi connectivity index (χ2v) is 7.10. The number of carbonyl (C=O) groups excluding carboxylic acids is 3. The molecule has 0 bridgehead atoms. The quantitative estimate of drug-likeness (QED) is 0.424. The maximum Gasteiger partial charge on any atom is 0.320 e. The predicted molar refractivity (Wildman–Crippen MR) is 87.0 cm³/mol. The highest BCUT2D eigenvalue weighted by Crippen LogP contribution is 2.54. The molecule has 3 rings (SSSR count). The Kier molecular flexibility index (Phi) is 5.07. The molecule has 132 valence electrons. The minimum absolute atomic E-state index is 0.145. The smallest absolute Gasteiger partial charge is 0.320 e. The lowest BCUT2D eigenvalue weighted by Crippen LogP contribution is -2.43. The Balaban J connectivity index is 1.92. The average molecular weight is 334 g/mol. The van der Waals surface area contributed by atoms with E-state index in [1.165, 1.54) is 0 Å². The molecule has 0 aromatic rings. The summed E-state index contributed by atoms with van der Waals surface area (Å²) in [6.45, 7) is 4.47. The number of hydrogen-bond donors (Lipinski definition) is 0. The number of esters is 2. The van der Waals surface area contributed by atoms with Crippen molar-refractivity contribution in [1.29, 1.82) is 0 Å². The van der Waals surface area contributed by atoms with Crippen molar-refractivity contribution in [2.45, 2.75) is 52.4 Å². The summed E-state index contributed by atoms with van der Waals surface area (Å²) in [5.41, 5.74) is 1.97. The van der Waals surface area contributed by atoms with Crippen LogP contribution in [0, 0.1) is 23.7 Å². The van der Waals surface area contributed by atoms with Gasteiger partial charge in [-0.15, -0.1) is 0 Å². The van der Waals surface area contributed by atoms with E-state index in [-0.39, 0.29) is 30.1 Å². The Morgan fingerprint density at radius 1 is 1.25 bits per heavy atom. The number of carbonyl (C=O) groups is 3. The summed E-state index contributed by atoms with van der Waals surface area (Å²) in [6.07, 6.45) is 5.32. The zero-order valence-corrected chi connectivity index (χ0v) is 14.5. The summed E-state index contributed by atoms with van der Waals surface area (Å²) in [7, 11) is 0. The molecule has 1 saturated heterocycles. The van der Waals surface area contributed by atoms with Crippen LogP contribution in [0.25, 0.3) is 0 Å². The van der Waals surface area contributed by atoms with Crippen molar-refractivity contribution in [3.05, 3.63) is 11.1 Å². The summed E-state index contributed by atoms with van der Waals surface area (Å²) in [5, 5.41) is 0. The first kappa shape index (κ1) is 17.2. The highest BCUT2D eigenvalue weighted by Gasteiger charge is 2.55. The molecule has 1 heterocycles. The number of cyclic esters (lactones) is 1. The fourth-order valence-electron chi connectivity index (χ4n) is 4.67. The van der Waals surface area contributed by atoms with Gasteiger partial charge in [0.15, 0.2) is 11.7 Å². The van der Waals surface area contributed by atoms with Crippen LogP contribution in [-0.2, 0) is 23.9 Å². The molecule has 0 aromatic carbocycles. The zero-order valence-electron chi connectivity index (χ0n) is 14.5. The molecule has 1 saturated carbocycles. The molecule has 24 heavy (non-hydrogen) atoms. The van der Waals surface area contributed by atoms with Crippen LogP contribution < -0.4 is 0 Å². The molecule has 2 aliphatic carbocycles. The van der Waals surface area contributed by atoms with Crippen LogP contribution >= 0.6 is 0 Å². The second-order valence-electron chi connectivity index (χ2n) is 7.10. The van der Waals surface area contributed by atoms with E-state index in [1.807, 2.05) is 0 Å². The van der Waals surface area contributed by atoms with Crippen molar-refractivity contribution >= 4 is 17.7 Å². The molecular formula is C19H26O5. The number of ether oxygens (including phenoxy) is 2. The van der Waals surface area contributed by atoms with Gasteiger partial charge in [-0.05, 0) is 37.7 Å². The van der Waals surface area contributed by atoms with Crippen LogP contribution in [0.4, 0.5) is 0 Å². The van der Waals surface area contributed by atoms with Gasteiger partial charge in [0.25, 0.3) is 0 Å². The zero-order chi connectivity index (χ0) is 17.3. The molecular weight excluding hydrogens is 308 g/mol. The van der Waals surface area contributed by atoms with Crippen molar-refractivity contribution in [3.63, 3.8) is 0 Å². The summed E-state index contributed by atoms with van der Waals surface area (Å²) >= 11 is 0. The molecule has 2 fully saturated rings. The van der Waals surface area contributed by atoms with Crippen molar-refractivity contribution in [3.8, 4) is 0 Å². The van der Waals surface area contributed by atoms with Gasteiger partial charge in [-0.2, -0.15) is 0 Å². The highest BCUT2D eigenvalue weighted by atomic mass is 16.6. The molecule has 0 N–H and O–H groups in total. The molecule has 1 aliphatic heterocycles. The number of allylic oxidation sites excluding steroid dienone is 2. The third-order valence-electron chi connectivity index (χ3n) is 5.63. The fourth-order valence-corrected chi connectivity index (χ4v) is 4.67. The normalized spacial score (nSPS) is 31.8. The van der Waals surface area contributed by atoms with E-state index in [2.05, 4.69) is 6.92 Å². The van der Waals surface area contributed by atoms with Crippen LogP contribution in [0.1, 0.15) is 52.4 Å². The predicted octanol–water partition coefficient (Wildman–Crippen LogP) is 2.82. The molecule has 5 nitrogen and oxygen atoms in total. The van der Waals surface area contributed by atoms with Gasteiger partial charge in [-0.3, -0.25) is 14.4 Å². The van der Waals surface area contributed by atoms with Gasteiger partial charge >= 0.3 is 11.9 Å².